The number of aromatic nitrogens is 3. The summed E-state index contributed by atoms with van der Waals surface area (Å²) in [5.74, 6) is 0.442. The van der Waals surface area contributed by atoms with Gasteiger partial charge in [-0.1, -0.05) is 11.6 Å². The van der Waals surface area contributed by atoms with Crippen molar-refractivity contribution in [3.63, 3.8) is 0 Å². The second kappa shape index (κ2) is 5.61. The number of fused-ring (bicyclic) bond motifs is 3. The lowest BCUT2D eigenvalue weighted by Gasteiger charge is -2.21. The number of nitrogens with one attached hydrogen (secondary N) is 1. The van der Waals surface area contributed by atoms with Crippen LogP contribution in [0.15, 0.2) is 23.3 Å². The summed E-state index contributed by atoms with van der Waals surface area (Å²) in [5, 5.41) is 7.73. The van der Waals surface area contributed by atoms with E-state index < -0.39 is 23.7 Å². The van der Waals surface area contributed by atoms with Gasteiger partial charge in [-0.3, -0.25) is 9.79 Å². The number of aliphatic imine (C=N–C) groups is 1. The highest BCUT2D eigenvalue weighted by atomic mass is 35.5. The maximum Gasteiger partial charge on any atom is 0.272 e. The standard InChI is InChI=1S/C18H19ClFN5O/c1-17(2,9-20)23-16(26)14-12-6-10-8-18(10,21-3)15(12)25(24-14)13-7-11(19)4-5-22-13/h4-5,7,10H,3,6,8-9H2,1-2H3,(H,23,26)/t10-,18-/m1/s1. The van der Waals surface area contributed by atoms with Crippen molar-refractivity contribution in [3.05, 3.63) is 40.3 Å². The molecule has 4 rings (SSSR count). The van der Waals surface area contributed by atoms with Crippen molar-refractivity contribution in [2.75, 3.05) is 6.67 Å². The van der Waals surface area contributed by atoms with Gasteiger partial charge in [0.1, 0.15) is 12.2 Å². The van der Waals surface area contributed by atoms with Crippen LogP contribution in [0.2, 0.25) is 5.02 Å². The minimum absolute atomic E-state index is 0.290. The normalized spacial score (nSPS) is 23.3. The second-order valence-electron chi connectivity index (χ2n) is 7.58. The molecule has 136 valence electrons. The molecule has 0 saturated heterocycles. The Morgan fingerprint density at radius 3 is 3.04 bits per heavy atom. The fourth-order valence-electron chi connectivity index (χ4n) is 3.71. The first-order chi connectivity index (χ1) is 12.3. The Hall–Kier alpha value is -2.28. The fraction of sp³-hybridized carbons (Fsp3) is 0.444. The zero-order chi connectivity index (χ0) is 18.7. The van der Waals surface area contributed by atoms with Gasteiger partial charge in [0.2, 0.25) is 0 Å². The van der Waals surface area contributed by atoms with E-state index in [1.54, 1.807) is 36.9 Å². The van der Waals surface area contributed by atoms with E-state index in [4.69, 9.17) is 11.6 Å². The molecule has 0 radical (unpaired) electrons. The zero-order valence-corrected chi connectivity index (χ0v) is 15.3. The molecule has 0 aliphatic heterocycles. The quantitative estimate of drug-likeness (QED) is 0.817. The van der Waals surface area contributed by atoms with Crippen LogP contribution in [0.1, 0.15) is 42.0 Å². The first kappa shape index (κ1) is 17.1. The Labute approximate surface area is 155 Å². The van der Waals surface area contributed by atoms with E-state index >= 15 is 0 Å². The lowest BCUT2D eigenvalue weighted by Crippen LogP contribution is -2.45. The van der Waals surface area contributed by atoms with Crippen molar-refractivity contribution in [2.24, 2.45) is 10.9 Å². The minimum Gasteiger partial charge on any atom is -0.343 e. The monoisotopic (exact) mass is 375 g/mol. The molecule has 2 aromatic heterocycles. The van der Waals surface area contributed by atoms with Gasteiger partial charge in [-0.25, -0.2) is 14.1 Å². The van der Waals surface area contributed by atoms with E-state index in [1.807, 2.05) is 0 Å². The van der Waals surface area contributed by atoms with E-state index in [2.05, 4.69) is 27.1 Å². The molecule has 8 heteroatoms. The molecule has 6 nitrogen and oxygen atoms in total. The molecule has 0 spiro atoms. The summed E-state index contributed by atoms with van der Waals surface area (Å²) < 4.78 is 14.8. The van der Waals surface area contributed by atoms with Crippen LogP contribution >= 0.6 is 11.6 Å². The number of alkyl halides is 1. The Balaban J connectivity index is 1.84. The molecule has 2 aliphatic carbocycles. The molecule has 0 bridgehead atoms. The van der Waals surface area contributed by atoms with Crippen LogP contribution < -0.4 is 5.32 Å². The van der Waals surface area contributed by atoms with Gasteiger partial charge in [0, 0.05) is 22.8 Å². The maximum absolute atomic E-state index is 13.1. The predicted octanol–water partition coefficient (Wildman–Crippen LogP) is 2.87. The highest BCUT2D eigenvalue weighted by molar-refractivity contribution is 6.30. The molecule has 2 aliphatic rings. The fourth-order valence-corrected chi connectivity index (χ4v) is 3.86. The van der Waals surface area contributed by atoms with E-state index in [-0.39, 0.29) is 0 Å². The van der Waals surface area contributed by atoms with Crippen LogP contribution in [0, 0.1) is 5.92 Å². The summed E-state index contributed by atoms with van der Waals surface area (Å²) >= 11 is 6.10. The van der Waals surface area contributed by atoms with Crippen molar-refractivity contribution in [2.45, 2.75) is 37.8 Å². The molecule has 1 fully saturated rings. The summed E-state index contributed by atoms with van der Waals surface area (Å²) in [6, 6.07) is 3.36. The van der Waals surface area contributed by atoms with Crippen molar-refractivity contribution in [3.8, 4) is 5.82 Å². The zero-order valence-electron chi connectivity index (χ0n) is 14.6. The van der Waals surface area contributed by atoms with Crippen LogP contribution in [0.5, 0.6) is 0 Å². The third-order valence-electron chi connectivity index (χ3n) is 5.12. The van der Waals surface area contributed by atoms with Crippen molar-refractivity contribution in [1.29, 1.82) is 0 Å². The predicted molar refractivity (Wildman–Crippen MR) is 96.9 cm³/mol. The number of hydrogen-bond donors (Lipinski definition) is 1. The highest BCUT2D eigenvalue weighted by Gasteiger charge is 2.63. The Morgan fingerprint density at radius 1 is 1.62 bits per heavy atom. The third-order valence-corrected chi connectivity index (χ3v) is 5.36. The average molecular weight is 376 g/mol. The van der Waals surface area contributed by atoms with Crippen molar-refractivity contribution in [1.82, 2.24) is 20.1 Å². The van der Waals surface area contributed by atoms with Gasteiger partial charge in [0.15, 0.2) is 11.5 Å². The summed E-state index contributed by atoms with van der Waals surface area (Å²) in [6.07, 6.45) is 3.17. The lowest BCUT2D eigenvalue weighted by atomic mass is 10.1. The number of carbonyl (C=O) groups is 1. The lowest BCUT2D eigenvalue weighted by molar-refractivity contribution is 0.0893. The van der Waals surface area contributed by atoms with E-state index in [0.717, 1.165) is 17.7 Å². The molecule has 1 N–H and O–H groups in total. The highest BCUT2D eigenvalue weighted by Crippen LogP contribution is 2.63. The minimum atomic E-state index is -0.960. The Bertz CT molecular complexity index is 924. The summed E-state index contributed by atoms with van der Waals surface area (Å²) in [4.78, 5) is 21.4. The number of rotatable bonds is 5. The number of carbonyl (C=O) groups excluding carboxylic acids is 1. The van der Waals surface area contributed by atoms with Crippen LogP contribution in [0.25, 0.3) is 5.82 Å². The first-order valence-electron chi connectivity index (χ1n) is 8.42. The molecule has 1 saturated carbocycles. The molecule has 2 heterocycles. The average Bonchev–Trinajstić information content (AvgIpc) is 3.01. The smallest absolute Gasteiger partial charge is 0.272 e. The molecule has 2 atom stereocenters. The van der Waals surface area contributed by atoms with Crippen LogP contribution in [-0.2, 0) is 12.0 Å². The van der Waals surface area contributed by atoms with E-state index in [1.165, 1.54) is 0 Å². The molecule has 26 heavy (non-hydrogen) atoms. The largest absolute Gasteiger partial charge is 0.343 e. The van der Waals surface area contributed by atoms with Gasteiger partial charge in [-0.05, 0) is 45.4 Å². The van der Waals surface area contributed by atoms with Gasteiger partial charge in [-0.15, -0.1) is 0 Å². The van der Waals surface area contributed by atoms with Crippen molar-refractivity contribution >= 4 is 24.2 Å². The number of nitrogens with zero attached hydrogens (tertiary/aromatic N) is 4. The summed E-state index contributed by atoms with van der Waals surface area (Å²) in [5.41, 5.74) is 0.592. The molecule has 2 aromatic rings. The second-order valence-corrected chi connectivity index (χ2v) is 8.02. The van der Waals surface area contributed by atoms with E-state index in [9.17, 15) is 9.18 Å². The van der Waals surface area contributed by atoms with Gasteiger partial charge in [-0.2, -0.15) is 5.10 Å². The van der Waals surface area contributed by atoms with Gasteiger partial charge < -0.3 is 5.32 Å². The SMILES string of the molecule is C=N[C@]12C[C@H]1Cc1c(C(=O)NC(C)(C)CF)nn(-c3cc(Cl)ccn3)c12. The maximum atomic E-state index is 13.1. The number of halogens is 2. The van der Waals surface area contributed by atoms with Gasteiger partial charge in [0.25, 0.3) is 5.91 Å². The van der Waals surface area contributed by atoms with Crippen LogP contribution in [-0.4, -0.2) is 39.6 Å². The van der Waals surface area contributed by atoms with Crippen LogP contribution in [0.4, 0.5) is 4.39 Å². The first-order valence-corrected chi connectivity index (χ1v) is 8.80. The Morgan fingerprint density at radius 2 is 2.38 bits per heavy atom. The topological polar surface area (TPSA) is 72.2 Å². The van der Waals surface area contributed by atoms with Crippen molar-refractivity contribution < 1.29 is 9.18 Å². The number of pyridine rings is 1. The third kappa shape index (κ3) is 2.45. The molecule has 1 amide bonds. The van der Waals surface area contributed by atoms with E-state index in [0.29, 0.717) is 28.9 Å². The molecular weight excluding hydrogens is 357 g/mol. The molecule has 0 aromatic carbocycles. The number of amides is 1. The number of hydrogen-bond acceptors (Lipinski definition) is 4. The summed E-state index contributed by atoms with van der Waals surface area (Å²) in [7, 11) is 0. The molecular formula is C18H19ClFN5O. The van der Waals surface area contributed by atoms with Gasteiger partial charge >= 0.3 is 0 Å². The molecule has 0 unspecified atom stereocenters. The van der Waals surface area contributed by atoms with Crippen LogP contribution in [0.3, 0.4) is 0 Å². The van der Waals surface area contributed by atoms with Gasteiger partial charge in [0.05, 0.1) is 11.2 Å². The summed E-state index contributed by atoms with van der Waals surface area (Å²) in [6.45, 7) is 6.34. The Kier molecular flexibility index (Phi) is 3.70.